The quantitative estimate of drug-likeness (QED) is 0.608. The van der Waals surface area contributed by atoms with Crippen LogP contribution >= 0.6 is 0 Å². The third-order valence-electron chi connectivity index (χ3n) is 4.14. The molecule has 1 atom stereocenters. The summed E-state index contributed by atoms with van der Waals surface area (Å²) in [5, 5.41) is 15.9. The van der Waals surface area contributed by atoms with E-state index in [2.05, 4.69) is 22.0 Å². The van der Waals surface area contributed by atoms with E-state index in [-0.39, 0.29) is 18.2 Å². The summed E-state index contributed by atoms with van der Waals surface area (Å²) < 4.78 is 12.3. The summed E-state index contributed by atoms with van der Waals surface area (Å²) >= 11 is 0. The third-order valence-corrected chi connectivity index (χ3v) is 4.14. The van der Waals surface area contributed by atoms with Crippen molar-refractivity contribution in [2.45, 2.75) is 40.3 Å². The number of methoxy groups -OCH3 is 1. The maximum atomic E-state index is 12.3. The molecule has 2 aromatic rings. The standard InChI is InChI=1S/C19H24N4O3/c1-12-6-16(15(4)23(12)13(2)11-25-5)8-17(9-20)19(24)21-10-18-7-14(3)26-22-18/h6-8,13H,10-11H2,1-5H3,(H,21,24)/b17-8-. The fourth-order valence-corrected chi connectivity index (χ4v) is 3.01. The maximum absolute atomic E-state index is 12.3. The molecule has 7 nitrogen and oxygen atoms in total. The van der Waals surface area contributed by atoms with Gasteiger partial charge >= 0.3 is 0 Å². The van der Waals surface area contributed by atoms with E-state index in [0.717, 1.165) is 17.0 Å². The average molecular weight is 356 g/mol. The highest BCUT2D eigenvalue weighted by atomic mass is 16.5. The van der Waals surface area contributed by atoms with Crippen LogP contribution in [0.1, 0.15) is 41.4 Å². The molecule has 2 rings (SSSR count). The molecule has 1 amide bonds. The fourth-order valence-electron chi connectivity index (χ4n) is 3.01. The van der Waals surface area contributed by atoms with E-state index in [1.807, 2.05) is 26.0 Å². The summed E-state index contributed by atoms with van der Waals surface area (Å²) in [5.74, 6) is 0.228. The van der Waals surface area contributed by atoms with Gasteiger partial charge in [-0.3, -0.25) is 4.79 Å². The molecule has 2 aromatic heterocycles. The van der Waals surface area contributed by atoms with Crippen LogP contribution in [-0.2, 0) is 16.1 Å². The van der Waals surface area contributed by atoms with Crippen molar-refractivity contribution in [2.75, 3.05) is 13.7 Å². The highest BCUT2D eigenvalue weighted by Crippen LogP contribution is 2.22. The van der Waals surface area contributed by atoms with Crippen molar-refractivity contribution in [1.82, 2.24) is 15.0 Å². The first-order valence-electron chi connectivity index (χ1n) is 8.37. The van der Waals surface area contributed by atoms with Crippen LogP contribution in [0.15, 0.2) is 22.2 Å². The van der Waals surface area contributed by atoms with Crippen LogP contribution in [0.2, 0.25) is 0 Å². The lowest BCUT2D eigenvalue weighted by atomic mass is 10.1. The van der Waals surface area contributed by atoms with E-state index in [9.17, 15) is 10.1 Å². The largest absolute Gasteiger partial charge is 0.383 e. The fraction of sp³-hybridized carbons (Fsp3) is 0.421. The van der Waals surface area contributed by atoms with Crippen molar-refractivity contribution in [3.05, 3.63) is 46.1 Å². The van der Waals surface area contributed by atoms with Gasteiger partial charge < -0.3 is 19.1 Å². The van der Waals surface area contributed by atoms with Crippen LogP contribution < -0.4 is 5.32 Å². The Bertz CT molecular complexity index is 855. The second-order valence-corrected chi connectivity index (χ2v) is 6.28. The molecule has 0 radical (unpaired) electrons. The minimum atomic E-state index is -0.442. The molecule has 2 heterocycles. The van der Waals surface area contributed by atoms with E-state index < -0.39 is 5.91 Å². The SMILES string of the molecule is COCC(C)n1c(C)cc(/C=C(/C#N)C(=O)NCc2cc(C)on2)c1C. The van der Waals surface area contributed by atoms with Gasteiger partial charge in [0.05, 0.1) is 19.2 Å². The Kier molecular flexibility index (Phi) is 6.36. The molecule has 0 aliphatic carbocycles. The molecule has 0 fully saturated rings. The average Bonchev–Trinajstić information content (AvgIpc) is 3.13. The van der Waals surface area contributed by atoms with Gasteiger partial charge in [0.1, 0.15) is 23.1 Å². The zero-order valence-corrected chi connectivity index (χ0v) is 15.8. The van der Waals surface area contributed by atoms with Crippen molar-refractivity contribution in [2.24, 2.45) is 0 Å². The Labute approximate surface area is 153 Å². The molecule has 0 bridgehead atoms. The Morgan fingerprint density at radius 3 is 2.77 bits per heavy atom. The molecule has 26 heavy (non-hydrogen) atoms. The molecule has 1 N–H and O–H groups in total. The van der Waals surface area contributed by atoms with Gasteiger partial charge in [-0.2, -0.15) is 5.26 Å². The topological polar surface area (TPSA) is 93.1 Å². The molecule has 0 saturated heterocycles. The number of hydrogen-bond acceptors (Lipinski definition) is 5. The third kappa shape index (κ3) is 4.41. The minimum Gasteiger partial charge on any atom is -0.383 e. The number of nitrogens with zero attached hydrogens (tertiary/aromatic N) is 3. The lowest BCUT2D eigenvalue weighted by molar-refractivity contribution is -0.117. The summed E-state index contributed by atoms with van der Waals surface area (Å²) in [7, 11) is 1.67. The first kappa shape index (κ1) is 19.5. The first-order chi connectivity index (χ1) is 12.4. The lowest BCUT2D eigenvalue weighted by Gasteiger charge is -2.17. The van der Waals surface area contributed by atoms with Crippen LogP contribution in [0.25, 0.3) is 6.08 Å². The molecule has 7 heteroatoms. The van der Waals surface area contributed by atoms with Crippen molar-refractivity contribution in [1.29, 1.82) is 5.26 Å². The number of carbonyl (C=O) groups is 1. The van der Waals surface area contributed by atoms with Crippen LogP contribution in [-0.4, -0.2) is 29.3 Å². The number of ether oxygens (including phenoxy) is 1. The molecular formula is C19H24N4O3. The van der Waals surface area contributed by atoms with Crippen LogP contribution in [0, 0.1) is 32.1 Å². The summed E-state index contributed by atoms with van der Waals surface area (Å²) in [6.45, 7) is 8.60. The van der Waals surface area contributed by atoms with Crippen molar-refractivity contribution in [3.63, 3.8) is 0 Å². The number of carbonyl (C=O) groups excluding carboxylic acids is 1. The molecule has 0 spiro atoms. The van der Waals surface area contributed by atoms with Gasteiger partial charge in [0, 0.05) is 24.6 Å². The maximum Gasteiger partial charge on any atom is 0.262 e. The van der Waals surface area contributed by atoms with Gasteiger partial charge in [-0.05, 0) is 45.4 Å². The van der Waals surface area contributed by atoms with E-state index in [4.69, 9.17) is 9.26 Å². The number of rotatable bonds is 7. The Morgan fingerprint density at radius 2 is 2.19 bits per heavy atom. The number of nitrogens with one attached hydrogen (secondary N) is 1. The molecule has 0 aromatic carbocycles. The van der Waals surface area contributed by atoms with Gasteiger partial charge in [0.15, 0.2) is 0 Å². The predicted octanol–water partition coefficient (Wildman–Crippen LogP) is 2.83. The Hall–Kier alpha value is -2.85. The number of amides is 1. The monoisotopic (exact) mass is 356 g/mol. The zero-order valence-electron chi connectivity index (χ0n) is 15.8. The van der Waals surface area contributed by atoms with Crippen LogP contribution in [0.5, 0.6) is 0 Å². The molecule has 138 valence electrons. The van der Waals surface area contributed by atoms with Gasteiger partial charge in [0.25, 0.3) is 5.91 Å². The van der Waals surface area contributed by atoms with Crippen molar-refractivity contribution < 1.29 is 14.1 Å². The summed E-state index contributed by atoms with van der Waals surface area (Å²) in [4.78, 5) is 12.3. The minimum absolute atomic E-state index is 0.0462. The van der Waals surface area contributed by atoms with E-state index in [1.165, 1.54) is 0 Å². The predicted molar refractivity (Wildman–Crippen MR) is 97.2 cm³/mol. The number of nitriles is 1. The van der Waals surface area contributed by atoms with Crippen LogP contribution in [0.4, 0.5) is 0 Å². The second-order valence-electron chi connectivity index (χ2n) is 6.28. The molecule has 0 aliphatic rings. The number of hydrogen-bond donors (Lipinski definition) is 1. The number of aryl methyl sites for hydroxylation is 2. The normalized spacial score (nSPS) is 12.7. The Balaban J connectivity index is 2.19. The highest BCUT2D eigenvalue weighted by molar-refractivity contribution is 6.01. The Morgan fingerprint density at radius 1 is 1.46 bits per heavy atom. The van der Waals surface area contributed by atoms with Crippen LogP contribution in [0.3, 0.4) is 0 Å². The second kappa shape index (κ2) is 8.50. The van der Waals surface area contributed by atoms with E-state index in [1.54, 1.807) is 26.2 Å². The summed E-state index contributed by atoms with van der Waals surface area (Å²) in [6, 6.07) is 5.84. The van der Waals surface area contributed by atoms with E-state index >= 15 is 0 Å². The molecule has 0 saturated carbocycles. The lowest BCUT2D eigenvalue weighted by Crippen LogP contribution is -2.24. The van der Waals surface area contributed by atoms with Crippen molar-refractivity contribution in [3.8, 4) is 6.07 Å². The molecule has 0 aliphatic heterocycles. The first-order valence-corrected chi connectivity index (χ1v) is 8.37. The van der Waals surface area contributed by atoms with E-state index in [0.29, 0.717) is 18.1 Å². The smallest absolute Gasteiger partial charge is 0.262 e. The summed E-state index contributed by atoms with van der Waals surface area (Å²) in [5.41, 5.74) is 3.53. The summed E-state index contributed by atoms with van der Waals surface area (Å²) in [6.07, 6.45) is 1.61. The number of aromatic nitrogens is 2. The van der Waals surface area contributed by atoms with Crippen molar-refractivity contribution >= 4 is 12.0 Å². The van der Waals surface area contributed by atoms with Gasteiger partial charge in [-0.15, -0.1) is 0 Å². The molecular weight excluding hydrogens is 332 g/mol. The highest BCUT2D eigenvalue weighted by Gasteiger charge is 2.16. The van der Waals surface area contributed by atoms with Gasteiger partial charge in [0.2, 0.25) is 0 Å². The molecule has 1 unspecified atom stereocenters. The zero-order chi connectivity index (χ0) is 19.3. The van der Waals surface area contributed by atoms with Gasteiger partial charge in [-0.1, -0.05) is 5.16 Å². The van der Waals surface area contributed by atoms with Gasteiger partial charge in [-0.25, -0.2) is 0 Å².